The van der Waals surface area contributed by atoms with Crippen LogP contribution in [0.15, 0.2) is 22.8 Å². The number of rotatable bonds is 3. The normalized spacial score (nSPS) is 21.9. The molecule has 0 radical (unpaired) electrons. The van der Waals surface area contributed by atoms with Crippen LogP contribution in [0.5, 0.6) is 0 Å². The first kappa shape index (κ1) is 11.8. The predicted octanol–water partition coefficient (Wildman–Crippen LogP) is 1.72. The molecule has 0 N–H and O–H groups in total. The van der Waals surface area contributed by atoms with Crippen molar-refractivity contribution in [3.63, 3.8) is 0 Å². The zero-order chi connectivity index (χ0) is 12.4. The zero-order valence-corrected chi connectivity index (χ0v) is 10.7. The van der Waals surface area contributed by atoms with E-state index in [4.69, 9.17) is 4.42 Å². The molecule has 2 heterocycles. The molecule has 1 amide bonds. The Labute approximate surface area is 108 Å². The molecule has 0 spiro atoms. The molecular weight excluding hydrogens is 228 g/mol. The minimum absolute atomic E-state index is 0.335. The number of hydrogen-bond acceptors (Lipinski definition) is 3. The first-order chi connectivity index (χ1) is 8.83. The summed E-state index contributed by atoms with van der Waals surface area (Å²) in [7, 11) is 0. The van der Waals surface area contributed by atoms with Crippen LogP contribution in [0.4, 0.5) is 0 Å². The summed E-state index contributed by atoms with van der Waals surface area (Å²) in [5.74, 6) is 1.73. The lowest BCUT2D eigenvalue weighted by Gasteiger charge is -2.37. The Morgan fingerprint density at radius 2 is 2.06 bits per heavy atom. The molecule has 0 unspecified atom stereocenters. The lowest BCUT2D eigenvalue weighted by atomic mass is 9.84. The monoisotopic (exact) mass is 248 g/mol. The average Bonchev–Trinajstić information content (AvgIpc) is 2.80. The van der Waals surface area contributed by atoms with Gasteiger partial charge in [-0.15, -0.1) is 0 Å². The molecule has 2 aliphatic rings. The molecule has 1 aliphatic carbocycles. The highest BCUT2D eigenvalue weighted by atomic mass is 16.3. The summed E-state index contributed by atoms with van der Waals surface area (Å²) in [4.78, 5) is 16.5. The van der Waals surface area contributed by atoms with Crippen molar-refractivity contribution < 1.29 is 9.21 Å². The lowest BCUT2D eigenvalue weighted by Crippen LogP contribution is -2.50. The summed E-state index contributed by atoms with van der Waals surface area (Å²) in [5, 5.41) is 0. The van der Waals surface area contributed by atoms with Gasteiger partial charge in [-0.3, -0.25) is 9.69 Å². The largest absolute Gasteiger partial charge is 0.468 e. The van der Waals surface area contributed by atoms with Crippen LogP contribution in [0.1, 0.15) is 25.0 Å². The highest BCUT2D eigenvalue weighted by molar-refractivity contribution is 5.79. The van der Waals surface area contributed by atoms with Crippen LogP contribution in [0.2, 0.25) is 0 Å². The van der Waals surface area contributed by atoms with Gasteiger partial charge in [0.1, 0.15) is 5.76 Å². The van der Waals surface area contributed by atoms with E-state index in [2.05, 4.69) is 4.90 Å². The number of carbonyl (C=O) groups excluding carboxylic acids is 1. The smallest absolute Gasteiger partial charge is 0.225 e. The molecule has 1 aromatic rings. The number of nitrogens with zero attached hydrogens (tertiary/aromatic N) is 2. The summed E-state index contributed by atoms with van der Waals surface area (Å²) >= 11 is 0. The van der Waals surface area contributed by atoms with Gasteiger partial charge in [0.25, 0.3) is 0 Å². The second kappa shape index (κ2) is 5.14. The topological polar surface area (TPSA) is 36.7 Å². The second-order valence-electron chi connectivity index (χ2n) is 5.31. The van der Waals surface area contributed by atoms with Crippen LogP contribution in [-0.2, 0) is 11.3 Å². The highest BCUT2D eigenvalue weighted by Gasteiger charge is 2.31. The summed E-state index contributed by atoms with van der Waals surface area (Å²) in [5.41, 5.74) is 0. The third-order valence-corrected chi connectivity index (χ3v) is 4.10. The fourth-order valence-electron chi connectivity index (χ4n) is 2.66. The van der Waals surface area contributed by atoms with E-state index < -0.39 is 0 Å². The Bertz CT molecular complexity index is 390. The molecule has 3 rings (SSSR count). The Morgan fingerprint density at radius 3 is 2.61 bits per heavy atom. The van der Waals surface area contributed by atoms with E-state index in [1.54, 1.807) is 6.26 Å². The molecule has 2 fully saturated rings. The minimum atomic E-state index is 0.335. The van der Waals surface area contributed by atoms with E-state index in [1.165, 1.54) is 6.42 Å². The van der Waals surface area contributed by atoms with Crippen LogP contribution in [0, 0.1) is 5.92 Å². The van der Waals surface area contributed by atoms with Gasteiger partial charge in [0, 0.05) is 32.1 Å². The van der Waals surface area contributed by atoms with E-state index >= 15 is 0 Å². The van der Waals surface area contributed by atoms with Gasteiger partial charge < -0.3 is 9.32 Å². The molecule has 0 aromatic carbocycles. The summed E-state index contributed by atoms with van der Waals surface area (Å²) in [6, 6.07) is 3.93. The van der Waals surface area contributed by atoms with Crippen molar-refractivity contribution in [1.82, 2.24) is 9.80 Å². The van der Waals surface area contributed by atoms with Crippen LogP contribution >= 0.6 is 0 Å². The number of piperazine rings is 1. The quantitative estimate of drug-likeness (QED) is 0.817. The number of carbonyl (C=O) groups is 1. The highest BCUT2D eigenvalue weighted by Crippen LogP contribution is 2.28. The zero-order valence-electron chi connectivity index (χ0n) is 10.7. The van der Waals surface area contributed by atoms with E-state index in [0.29, 0.717) is 11.8 Å². The van der Waals surface area contributed by atoms with Gasteiger partial charge in [0.05, 0.1) is 12.8 Å². The van der Waals surface area contributed by atoms with Crippen molar-refractivity contribution in [1.29, 1.82) is 0 Å². The van der Waals surface area contributed by atoms with Crippen molar-refractivity contribution in [2.45, 2.75) is 25.8 Å². The minimum Gasteiger partial charge on any atom is -0.468 e. The van der Waals surface area contributed by atoms with Gasteiger partial charge in [-0.25, -0.2) is 0 Å². The second-order valence-corrected chi connectivity index (χ2v) is 5.31. The fourth-order valence-corrected chi connectivity index (χ4v) is 2.66. The molecule has 98 valence electrons. The van der Waals surface area contributed by atoms with Gasteiger partial charge in [-0.05, 0) is 25.0 Å². The summed E-state index contributed by atoms with van der Waals surface area (Å²) in [6.45, 7) is 4.52. The maximum atomic E-state index is 12.1. The molecule has 0 atom stereocenters. The molecular formula is C14H20N2O2. The fraction of sp³-hybridized carbons (Fsp3) is 0.643. The molecule has 1 aromatic heterocycles. The Hall–Kier alpha value is -1.29. The molecule has 1 saturated carbocycles. The average molecular weight is 248 g/mol. The molecule has 1 saturated heterocycles. The van der Waals surface area contributed by atoms with Gasteiger partial charge >= 0.3 is 0 Å². The summed E-state index contributed by atoms with van der Waals surface area (Å²) < 4.78 is 5.35. The Morgan fingerprint density at radius 1 is 1.28 bits per heavy atom. The van der Waals surface area contributed by atoms with Gasteiger partial charge in [-0.2, -0.15) is 0 Å². The first-order valence-corrected chi connectivity index (χ1v) is 6.86. The van der Waals surface area contributed by atoms with Crippen molar-refractivity contribution in [3.8, 4) is 0 Å². The maximum absolute atomic E-state index is 12.1. The third kappa shape index (κ3) is 2.43. The Kier molecular flexibility index (Phi) is 3.37. The third-order valence-electron chi connectivity index (χ3n) is 4.10. The van der Waals surface area contributed by atoms with Crippen LogP contribution in [0.25, 0.3) is 0 Å². The molecule has 1 aliphatic heterocycles. The number of furan rings is 1. The molecule has 4 nitrogen and oxygen atoms in total. The van der Waals surface area contributed by atoms with Crippen LogP contribution in [0.3, 0.4) is 0 Å². The van der Waals surface area contributed by atoms with E-state index in [-0.39, 0.29) is 0 Å². The molecule has 18 heavy (non-hydrogen) atoms. The van der Waals surface area contributed by atoms with Crippen molar-refractivity contribution in [3.05, 3.63) is 24.2 Å². The predicted molar refractivity (Wildman–Crippen MR) is 67.9 cm³/mol. The van der Waals surface area contributed by atoms with Gasteiger partial charge in [0.15, 0.2) is 0 Å². The van der Waals surface area contributed by atoms with E-state index in [1.807, 2.05) is 17.0 Å². The standard InChI is InChI=1S/C14H20N2O2/c17-14(12-3-1-4-12)16-8-6-15(7-9-16)11-13-5-2-10-18-13/h2,5,10,12H,1,3-4,6-9,11H2. The van der Waals surface area contributed by atoms with Crippen LogP contribution < -0.4 is 0 Å². The summed E-state index contributed by atoms with van der Waals surface area (Å²) in [6.07, 6.45) is 5.15. The molecule has 0 bridgehead atoms. The van der Waals surface area contributed by atoms with Crippen molar-refractivity contribution in [2.24, 2.45) is 5.92 Å². The van der Waals surface area contributed by atoms with Crippen molar-refractivity contribution in [2.75, 3.05) is 26.2 Å². The first-order valence-electron chi connectivity index (χ1n) is 6.86. The number of amides is 1. The SMILES string of the molecule is O=C(C1CCC1)N1CCN(Cc2ccco2)CC1. The van der Waals surface area contributed by atoms with Crippen molar-refractivity contribution >= 4 is 5.91 Å². The Balaban J connectivity index is 1.47. The van der Waals surface area contributed by atoms with Crippen LogP contribution in [-0.4, -0.2) is 41.9 Å². The van der Waals surface area contributed by atoms with E-state index in [9.17, 15) is 4.79 Å². The lowest BCUT2D eigenvalue weighted by molar-refractivity contribution is -0.140. The van der Waals surface area contributed by atoms with E-state index in [0.717, 1.165) is 51.3 Å². The van der Waals surface area contributed by atoms with Gasteiger partial charge in [0.2, 0.25) is 5.91 Å². The molecule has 4 heteroatoms. The maximum Gasteiger partial charge on any atom is 0.225 e. The van der Waals surface area contributed by atoms with Gasteiger partial charge in [-0.1, -0.05) is 6.42 Å². The number of hydrogen-bond donors (Lipinski definition) is 0.